The van der Waals surface area contributed by atoms with Crippen molar-refractivity contribution in [2.75, 3.05) is 0 Å². The van der Waals surface area contributed by atoms with Gasteiger partial charge in [0.05, 0.1) is 0 Å². The molecular weight excluding hydrogens is 96.1 g/mol. The minimum atomic E-state index is 2.00. The predicted octanol–water partition coefficient (Wildman–Crippen LogP) is 2.69. The van der Waals surface area contributed by atoms with E-state index >= 15 is 0 Å². The van der Waals surface area contributed by atoms with Crippen LogP contribution in [0.15, 0.2) is 36.5 Å². The lowest BCUT2D eigenvalue weighted by Crippen LogP contribution is -1.46. The molecule has 0 aliphatic carbocycles. The van der Waals surface area contributed by atoms with Crippen molar-refractivity contribution < 1.29 is 0 Å². The highest BCUT2D eigenvalue weighted by Gasteiger charge is 1.55. The van der Waals surface area contributed by atoms with Crippen LogP contribution in [0, 0.1) is 0 Å². The van der Waals surface area contributed by atoms with Crippen LogP contribution in [0.3, 0.4) is 0 Å². The number of hydrogen-bond acceptors (Lipinski definition) is 0. The van der Waals surface area contributed by atoms with Crippen molar-refractivity contribution in [3.05, 3.63) is 36.5 Å². The van der Waals surface area contributed by atoms with E-state index in [2.05, 4.69) is 0 Å². The van der Waals surface area contributed by atoms with E-state index in [1.165, 1.54) is 0 Å². The SMILES string of the molecule is CC=C/C=C/C=C/C. The minimum Gasteiger partial charge on any atom is -0.0877 e. The number of hydrogen-bond donors (Lipinski definition) is 0. The highest BCUT2D eigenvalue weighted by Crippen LogP contribution is 1.77. The molecular formula is C8H12. The van der Waals surface area contributed by atoms with Crippen molar-refractivity contribution in [3.8, 4) is 0 Å². The molecule has 0 saturated heterocycles. The minimum absolute atomic E-state index is 2.00. The van der Waals surface area contributed by atoms with Crippen molar-refractivity contribution in [1.82, 2.24) is 0 Å². The van der Waals surface area contributed by atoms with E-state index in [0.29, 0.717) is 0 Å². The quantitative estimate of drug-likeness (QED) is 0.477. The number of rotatable bonds is 2. The average molecular weight is 108 g/mol. The van der Waals surface area contributed by atoms with E-state index < -0.39 is 0 Å². The Morgan fingerprint density at radius 1 is 0.625 bits per heavy atom. The Labute approximate surface area is 51.2 Å². The summed E-state index contributed by atoms with van der Waals surface area (Å²) in [5.74, 6) is 0. The molecule has 0 aromatic heterocycles. The van der Waals surface area contributed by atoms with Crippen molar-refractivity contribution in [2.24, 2.45) is 0 Å². The maximum Gasteiger partial charge on any atom is -0.0467 e. The zero-order chi connectivity index (χ0) is 6.24. The van der Waals surface area contributed by atoms with Gasteiger partial charge in [-0.1, -0.05) is 36.5 Å². The van der Waals surface area contributed by atoms with E-state index in [1.807, 2.05) is 50.3 Å². The third-order valence-electron chi connectivity index (χ3n) is 0.718. The Morgan fingerprint density at radius 3 is 1.25 bits per heavy atom. The second-order valence-electron chi connectivity index (χ2n) is 1.44. The van der Waals surface area contributed by atoms with Crippen LogP contribution < -0.4 is 0 Å². The fourth-order valence-corrected chi connectivity index (χ4v) is 0.351. The summed E-state index contributed by atoms with van der Waals surface area (Å²) in [5.41, 5.74) is 0. The highest BCUT2D eigenvalue weighted by atomic mass is 13.6. The van der Waals surface area contributed by atoms with Gasteiger partial charge in [0, 0.05) is 0 Å². The maximum atomic E-state index is 2.00. The van der Waals surface area contributed by atoms with Crippen molar-refractivity contribution >= 4 is 0 Å². The van der Waals surface area contributed by atoms with E-state index in [-0.39, 0.29) is 0 Å². The predicted molar refractivity (Wildman–Crippen MR) is 38.8 cm³/mol. The molecule has 0 aliphatic rings. The Bertz CT molecular complexity index is 91.2. The topological polar surface area (TPSA) is 0 Å². The molecule has 0 heterocycles. The molecule has 0 amide bonds. The Morgan fingerprint density at radius 2 is 1.00 bits per heavy atom. The van der Waals surface area contributed by atoms with Gasteiger partial charge in [0.15, 0.2) is 0 Å². The number of allylic oxidation sites excluding steroid dienone is 6. The van der Waals surface area contributed by atoms with Gasteiger partial charge in [-0.3, -0.25) is 0 Å². The molecule has 0 radical (unpaired) electrons. The zero-order valence-corrected chi connectivity index (χ0v) is 5.46. The van der Waals surface area contributed by atoms with Gasteiger partial charge in [-0.2, -0.15) is 0 Å². The molecule has 0 heteroatoms. The van der Waals surface area contributed by atoms with Crippen LogP contribution in [0.5, 0.6) is 0 Å². The van der Waals surface area contributed by atoms with Crippen LogP contribution in [0.2, 0.25) is 0 Å². The summed E-state index contributed by atoms with van der Waals surface area (Å²) in [4.78, 5) is 0. The summed E-state index contributed by atoms with van der Waals surface area (Å²) in [7, 11) is 0. The lowest BCUT2D eigenvalue weighted by molar-refractivity contribution is 1.71. The smallest absolute Gasteiger partial charge is 0.0467 e. The standard InChI is InChI=1S/C8H12/c1-3-5-7-8-6-4-2/h3-8H,1-2H3/b5-3+,6-4?,8-7+. The Balaban J connectivity index is 3.35. The first kappa shape index (κ1) is 7.22. The van der Waals surface area contributed by atoms with Crippen LogP contribution in [-0.2, 0) is 0 Å². The van der Waals surface area contributed by atoms with Crippen molar-refractivity contribution in [1.29, 1.82) is 0 Å². The first-order valence-electron chi connectivity index (χ1n) is 2.82. The summed E-state index contributed by atoms with van der Waals surface area (Å²) in [6.07, 6.45) is 12.0. The molecule has 0 spiro atoms. The van der Waals surface area contributed by atoms with Crippen LogP contribution in [0.25, 0.3) is 0 Å². The zero-order valence-electron chi connectivity index (χ0n) is 5.46. The fourth-order valence-electron chi connectivity index (χ4n) is 0.351. The monoisotopic (exact) mass is 108 g/mol. The van der Waals surface area contributed by atoms with Gasteiger partial charge in [-0.15, -0.1) is 0 Å². The first-order chi connectivity index (χ1) is 3.91. The molecule has 0 nitrogen and oxygen atoms in total. The van der Waals surface area contributed by atoms with Gasteiger partial charge in [-0.05, 0) is 13.8 Å². The molecule has 0 rings (SSSR count). The van der Waals surface area contributed by atoms with Gasteiger partial charge in [-0.25, -0.2) is 0 Å². The van der Waals surface area contributed by atoms with Gasteiger partial charge in [0.2, 0.25) is 0 Å². The van der Waals surface area contributed by atoms with Crippen molar-refractivity contribution in [3.63, 3.8) is 0 Å². The van der Waals surface area contributed by atoms with Gasteiger partial charge < -0.3 is 0 Å². The lowest BCUT2D eigenvalue weighted by Gasteiger charge is -1.68. The van der Waals surface area contributed by atoms with Crippen LogP contribution >= 0.6 is 0 Å². The summed E-state index contributed by atoms with van der Waals surface area (Å²) < 4.78 is 0. The molecule has 8 heavy (non-hydrogen) atoms. The molecule has 0 aromatic rings. The summed E-state index contributed by atoms with van der Waals surface area (Å²) in [6, 6.07) is 0. The molecule has 0 bridgehead atoms. The maximum absolute atomic E-state index is 2.00. The molecule has 44 valence electrons. The van der Waals surface area contributed by atoms with Crippen LogP contribution in [-0.4, -0.2) is 0 Å². The van der Waals surface area contributed by atoms with E-state index in [1.54, 1.807) is 0 Å². The third-order valence-corrected chi connectivity index (χ3v) is 0.718. The third kappa shape index (κ3) is 5.22. The molecule has 0 N–H and O–H groups in total. The first-order valence-corrected chi connectivity index (χ1v) is 2.82. The fraction of sp³-hybridized carbons (Fsp3) is 0.250. The molecule has 0 fully saturated rings. The van der Waals surface area contributed by atoms with E-state index in [0.717, 1.165) is 0 Å². The van der Waals surface area contributed by atoms with Crippen molar-refractivity contribution in [2.45, 2.75) is 13.8 Å². The Hall–Kier alpha value is -0.780. The second-order valence-corrected chi connectivity index (χ2v) is 1.44. The molecule has 0 aromatic carbocycles. The highest BCUT2D eigenvalue weighted by molar-refractivity contribution is 5.09. The van der Waals surface area contributed by atoms with Crippen LogP contribution in [0.1, 0.15) is 13.8 Å². The lowest BCUT2D eigenvalue weighted by atomic mass is 10.4. The van der Waals surface area contributed by atoms with Gasteiger partial charge in [0.1, 0.15) is 0 Å². The van der Waals surface area contributed by atoms with Crippen LogP contribution in [0.4, 0.5) is 0 Å². The largest absolute Gasteiger partial charge is 0.0877 e. The summed E-state index contributed by atoms with van der Waals surface area (Å²) in [6.45, 7) is 4.00. The molecule has 0 saturated carbocycles. The molecule has 0 unspecified atom stereocenters. The van der Waals surface area contributed by atoms with E-state index in [9.17, 15) is 0 Å². The average Bonchev–Trinajstić information content (AvgIpc) is 1.81. The normalized spacial score (nSPS) is 12.8. The molecule has 0 atom stereocenters. The second kappa shape index (κ2) is 6.22. The molecule has 0 aliphatic heterocycles. The van der Waals surface area contributed by atoms with Gasteiger partial charge in [0.25, 0.3) is 0 Å². The summed E-state index contributed by atoms with van der Waals surface area (Å²) in [5, 5.41) is 0. The summed E-state index contributed by atoms with van der Waals surface area (Å²) >= 11 is 0. The van der Waals surface area contributed by atoms with E-state index in [4.69, 9.17) is 0 Å². The Kier molecular flexibility index (Phi) is 5.61. The van der Waals surface area contributed by atoms with Gasteiger partial charge >= 0.3 is 0 Å².